The Kier molecular flexibility index (Phi) is 6.23. The molecule has 182 valence electrons. The van der Waals surface area contributed by atoms with Gasteiger partial charge in [0.1, 0.15) is 0 Å². The lowest BCUT2D eigenvalue weighted by molar-refractivity contribution is -0.154. The van der Waals surface area contributed by atoms with Crippen molar-refractivity contribution in [3.05, 3.63) is 11.6 Å². The van der Waals surface area contributed by atoms with E-state index in [4.69, 9.17) is 0 Å². The maximum absolute atomic E-state index is 13.2. The molecule has 0 amide bonds. The first kappa shape index (κ1) is 24.4. The molecule has 4 aliphatic rings. The molecule has 32 heavy (non-hydrogen) atoms. The number of hydrogen-bond donors (Lipinski definition) is 4. The molecule has 0 aromatic heterocycles. The molecule has 3 saturated carbocycles. The number of aliphatic hydroxyl groups excluding tert-OH is 3. The molecular formula is C27H44O5. The van der Waals surface area contributed by atoms with Crippen molar-refractivity contribution < 1.29 is 25.2 Å². The van der Waals surface area contributed by atoms with E-state index in [2.05, 4.69) is 34.6 Å². The maximum atomic E-state index is 13.2. The van der Waals surface area contributed by atoms with Crippen molar-refractivity contribution in [3.8, 4) is 0 Å². The molecule has 4 aliphatic carbocycles. The Morgan fingerprint density at radius 2 is 1.72 bits per heavy atom. The molecule has 0 unspecified atom stereocenters. The fraction of sp³-hybridized carbons (Fsp3) is 0.889. The second-order valence-corrected chi connectivity index (χ2v) is 12.5. The minimum atomic E-state index is -1.04. The highest BCUT2D eigenvalue weighted by Crippen LogP contribution is 2.68. The second kappa shape index (κ2) is 8.18. The summed E-state index contributed by atoms with van der Waals surface area (Å²) in [6, 6.07) is 0. The van der Waals surface area contributed by atoms with Crippen LogP contribution in [-0.4, -0.2) is 50.1 Å². The van der Waals surface area contributed by atoms with Gasteiger partial charge in [-0.05, 0) is 92.1 Å². The Hall–Kier alpha value is -0.750. The molecular weight excluding hydrogens is 404 g/mol. The van der Waals surface area contributed by atoms with Crippen molar-refractivity contribution in [3.63, 3.8) is 0 Å². The molecule has 0 bridgehead atoms. The number of carbonyl (C=O) groups is 1. The number of aliphatic hydroxyl groups is 4. The smallest absolute Gasteiger partial charge is 0.159 e. The average molecular weight is 449 g/mol. The van der Waals surface area contributed by atoms with E-state index in [1.54, 1.807) is 6.08 Å². The third-order valence-electron chi connectivity index (χ3n) is 10.5. The first-order valence-electron chi connectivity index (χ1n) is 12.9. The molecule has 5 nitrogen and oxygen atoms in total. The van der Waals surface area contributed by atoms with E-state index in [9.17, 15) is 25.2 Å². The summed E-state index contributed by atoms with van der Waals surface area (Å²) in [5, 5.41) is 43.8. The van der Waals surface area contributed by atoms with E-state index in [1.165, 1.54) is 0 Å². The minimum absolute atomic E-state index is 0.00385. The van der Waals surface area contributed by atoms with E-state index < -0.39 is 23.2 Å². The number of carbonyl (C=O) groups excluding carboxylic acids is 1. The number of allylic oxidation sites excluding steroid dienone is 1. The van der Waals surface area contributed by atoms with Crippen LogP contribution in [0.3, 0.4) is 0 Å². The van der Waals surface area contributed by atoms with Crippen LogP contribution < -0.4 is 0 Å². The number of fused-ring (bicyclic) bond motifs is 5. The third kappa shape index (κ3) is 3.45. The second-order valence-electron chi connectivity index (χ2n) is 12.5. The predicted octanol–water partition coefficient (Wildman–Crippen LogP) is 3.62. The van der Waals surface area contributed by atoms with Gasteiger partial charge in [-0.25, -0.2) is 0 Å². The van der Waals surface area contributed by atoms with Crippen LogP contribution in [0.15, 0.2) is 11.6 Å². The van der Waals surface area contributed by atoms with E-state index in [0.717, 1.165) is 37.7 Å². The molecule has 0 spiro atoms. The lowest BCUT2D eigenvalue weighted by atomic mass is 9.46. The van der Waals surface area contributed by atoms with Crippen LogP contribution in [0.1, 0.15) is 86.0 Å². The average Bonchev–Trinajstić information content (AvgIpc) is 2.99. The highest BCUT2D eigenvalue weighted by Gasteiger charge is 2.67. The standard InChI is InChI=1S/C27H44O5/c1-15(2)6-7-21(28)16(3)17-9-11-27(32)19-12-22(29)20-13-23(30)24(31)14-25(20,4)18(19)8-10-26(17,27)5/h12,15-18,20-21,23-24,28,30-32H,6-11,13-14H2,1-5H3/t16-,17+,18-,20-,21+,23+,24-,25+,26+,27+/m0/s1. The Bertz CT molecular complexity index is 776. The molecule has 10 atom stereocenters. The summed E-state index contributed by atoms with van der Waals surface area (Å²) >= 11 is 0. The molecule has 4 rings (SSSR count). The lowest BCUT2D eigenvalue weighted by Gasteiger charge is -2.60. The molecule has 0 aliphatic heterocycles. The normalized spacial score (nSPS) is 48.0. The van der Waals surface area contributed by atoms with Crippen LogP contribution in [-0.2, 0) is 4.79 Å². The minimum Gasteiger partial charge on any atom is -0.393 e. The molecule has 0 saturated heterocycles. The van der Waals surface area contributed by atoms with Crippen molar-refractivity contribution in [2.24, 2.45) is 40.4 Å². The van der Waals surface area contributed by atoms with Crippen molar-refractivity contribution in [1.29, 1.82) is 0 Å². The zero-order valence-corrected chi connectivity index (χ0v) is 20.6. The fourth-order valence-corrected chi connectivity index (χ4v) is 8.29. The third-order valence-corrected chi connectivity index (χ3v) is 10.5. The van der Waals surface area contributed by atoms with Crippen LogP contribution in [0.5, 0.6) is 0 Å². The quantitative estimate of drug-likeness (QED) is 0.515. The number of rotatable bonds is 5. The summed E-state index contributed by atoms with van der Waals surface area (Å²) < 4.78 is 0. The SMILES string of the molecule is CC(C)CC[C@@H](O)[C@@H](C)[C@H]1CC[C@@]2(O)C3=CC(=O)[C@@H]4C[C@@H](O)[C@@H](O)C[C@]4(C)[C@H]3CC[C@]12C. The van der Waals surface area contributed by atoms with Gasteiger partial charge < -0.3 is 20.4 Å². The zero-order valence-electron chi connectivity index (χ0n) is 20.6. The molecule has 0 aromatic rings. The highest BCUT2D eigenvalue weighted by atomic mass is 16.3. The Morgan fingerprint density at radius 1 is 1.03 bits per heavy atom. The summed E-state index contributed by atoms with van der Waals surface area (Å²) in [5.41, 5.74) is -0.983. The maximum Gasteiger partial charge on any atom is 0.159 e. The number of hydrogen-bond acceptors (Lipinski definition) is 5. The summed E-state index contributed by atoms with van der Waals surface area (Å²) in [7, 11) is 0. The van der Waals surface area contributed by atoms with Gasteiger partial charge in [-0.2, -0.15) is 0 Å². The van der Waals surface area contributed by atoms with Gasteiger partial charge in [0.15, 0.2) is 5.78 Å². The van der Waals surface area contributed by atoms with Crippen molar-refractivity contribution in [2.45, 2.75) is 110 Å². The van der Waals surface area contributed by atoms with E-state index in [0.29, 0.717) is 25.2 Å². The summed E-state index contributed by atoms with van der Waals surface area (Å²) in [6.07, 6.45) is 5.34. The fourth-order valence-electron chi connectivity index (χ4n) is 8.29. The molecule has 0 aromatic carbocycles. The summed E-state index contributed by atoms with van der Waals surface area (Å²) in [6.45, 7) is 10.7. The lowest BCUT2D eigenvalue weighted by Crippen LogP contribution is -2.61. The van der Waals surface area contributed by atoms with Crippen molar-refractivity contribution >= 4 is 5.78 Å². The van der Waals surface area contributed by atoms with E-state index in [-0.39, 0.29) is 41.0 Å². The molecule has 3 fully saturated rings. The molecule has 0 radical (unpaired) electrons. The molecule has 5 heteroatoms. The van der Waals surface area contributed by atoms with Gasteiger partial charge in [0, 0.05) is 11.3 Å². The van der Waals surface area contributed by atoms with Gasteiger partial charge in [-0.1, -0.05) is 34.6 Å². The van der Waals surface area contributed by atoms with Crippen molar-refractivity contribution in [1.82, 2.24) is 0 Å². The predicted molar refractivity (Wildman–Crippen MR) is 124 cm³/mol. The Labute approximate surface area is 193 Å². The van der Waals surface area contributed by atoms with Gasteiger partial charge in [0.2, 0.25) is 0 Å². The van der Waals surface area contributed by atoms with Crippen LogP contribution in [0.4, 0.5) is 0 Å². The molecule has 0 heterocycles. The van der Waals surface area contributed by atoms with Gasteiger partial charge in [-0.3, -0.25) is 4.79 Å². The van der Waals surface area contributed by atoms with Gasteiger partial charge in [0.05, 0.1) is 23.9 Å². The topological polar surface area (TPSA) is 98.0 Å². The zero-order chi connectivity index (χ0) is 23.6. The monoisotopic (exact) mass is 448 g/mol. The molecule has 4 N–H and O–H groups in total. The first-order chi connectivity index (χ1) is 14.8. The van der Waals surface area contributed by atoms with Crippen LogP contribution in [0.25, 0.3) is 0 Å². The summed E-state index contributed by atoms with van der Waals surface area (Å²) in [5.74, 6) is 0.604. The highest BCUT2D eigenvalue weighted by molar-refractivity contribution is 5.95. The van der Waals surface area contributed by atoms with Crippen molar-refractivity contribution in [2.75, 3.05) is 0 Å². The van der Waals surface area contributed by atoms with Crippen LogP contribution in [0, 0.1) is 40.4 Å². The number of ketones is 1. The van der Waals surface area contributed by atoms with Crippen LogP contribution >= 0.6 is 0 Å². The first-order valence-corrected chi connectivity index (χ1v) is 12.9. The Balaban J connectivity index is 1.64. The largest absolute Gasteiger partial charge is 0.393 e. The van der Waals surface area contributed by atoms with Crippen LogP contribution in [0.2, 0.25) is 0 Å². The van der Waals surface area contributed by atoms with Gasteiger partial charge in [-0.15, -0.1) is 0 Å². The summed E-state index contributed by atoms with van der Waals surface area (Å²) in [4.78, 5) is 13.2. The van der Waals surface area contributed by atoms with E-state index >= 15 is 0 Å². The van der Waals surface area contributed by atoms with E-state index in [1.807, 2.05) is 0 Å². The van der Waals surface area contributed by atoms with Gasteiger partial charge >= 0.3 is 0 Å². The van der Waals surface area contributed by atoms with Gasteiger partial charge in [0.25, 0.3) is 0 Å². The Morgan fingerprint density at radius 3 is 2.38 bits per heavy atom.